The van der Waals surface area contributed by atoms with Gasteiger partial charge < -0.3 is 15.0 Å². The van der Waals surface area contributed by atoms with Crippen LogP contribution in [0.5, 0.6) is 0 Å². The zero-order valence-electron chi connectivity index (χ0n) is 13.8. The number of carbonyl (C=O) groups excluding carboxylic acids is 4. The number of amides is 3. The molecule has 0 unspecified atom stereocenters. The van der Waals surface area contributed by atoms with Gasteiger partial charge in [0, 0.05) is 17.8 Å². The van der Waals surface area contributed by atoms with Crippen molar-refractivity contribution in [2.24, 2.45) is 0 Å². The summed E-state index contributed by atoms with van der Waals surface area (Å²) >= 11 is 0. The van der Waals surface area contributed by atoms with Gasteiger partial charge in [-0.15, -0.1) is 0 Å². The minimum Gasteiger partial charge on any atom is -0.448 e. The van der Waals surface area contributed by atoms with Crippen LogP contribution in [0.25, 0.3) is 0 Å². The van der Waals surface area contributed by atoms with Crippen molar-refractivity contribution in [2.45, 2.75) is 40.7 Å². The summed E-state index contributed by atoms with van der Waals surface area (Å²) in [6, 6.07) is -0.661. The van der Waals surface area contributed by atoms with E-state index >= 15 is 0 Å². The Kier molecular flexibility index (Phi) is 6.06. The lowest BCUT2D eigenvalue weighted by molar-refractivity contribution is -0.127. The van der Waals surface area contributed by atoms with E-state index in [1.165, 1.54) is 13.8 Å². The quantitative estimate of drug-likeness (QED) is 0.556. The molecule has 0 aliphatic rings. The van der Waals surface area contributed by atoms with E-state index in [0.29, 0.717) is 23.4 Å². The van der Waals surface area contributed by atoms with Gasteiger partial charge in [0.25, 0.3) is 5.91 Å². The van der Waals surface area contributed by atoms with Crippen LogP contribution in [0.15, 0.2) is 0 Å². The van der Waals surface area contributed by atoms with E-state index in [9.17, 15) is 19.2 Å². The summed E-state index contributed by atoms with van der Waals surface area (Å²) in [5.74, 6) is -1.67. The van der Waals surface area contributed by atoms with Gasteiger partial charge in [0.2, 0.25) is 0 Å². The van der Waals surface area contributed by atoms with Crippen molar-refractivity contribution in [1.82, 2.24) is 15.6 Å². The summed E-state index contributed by atoms with van der Waals surface area (Å²) in [6.07, 6.45) is -1.16. The fraction of sp³-hybridized carbons (Fsp3) is 0.467. The summed E-state index contributed by atoms with van der Waals surface area (Å²) in [5.41, 5.74) is 1.57. The predicted molar refractivity (Wildman–Crippen MR) is 82.4 cm³/mol. The minimum absolute atomic E-state index is 0.116. The smallest absolute Gasteiger partial charge is 0.355 e. The minimum atomic E-state index is -1.16. The Morgan fingerprint density at radius 1 is 1.22 bits per heavy atom. The van der Waals surface area contributed by atoms with E-state index < -0.39 is 24.0 Å². The Hall–Kier alpha value is -2.64. The Morgan fingerprint density at radius 3 is 2.30 bits per heavy atom. The van der Waals surface area contributed by atoms with Crippen LogP contribution < -0.4 is 10.6 Å². The number of aromatic nitrogens is 1. The van der Waals surface area contributed by atoms with Crippen LogP contribution in [-0.2, 0) is 9.53 Å². The zero-order chi connectivity index (χ0) is 17.7. The molecule has 3 amide bonds. The molecule has 0 bridgehead atoms. The van der Waals surface area contributed by atoms with E-state index in [0.717, 1.165) is 0 Å². The third-order valence-corrected chi connectivity index (χ3v) is 3.22. The van der Waals surface area contributed by atoms with E-state index in [1.807, 2.05) is 0 Å². The number of urea groups is 1. The second-order valence-corrected chi connectivity index (χ2v) is 5.08. The Morgan fingerprint density at radius 2 is 1.83 bits per heavy atom. The first-order valence-corrected chi connectivity index (χ1v) is 7.18. The highest BCUT2D eigenvalue weighted by atomic mass is 16.5. The number of carbonyl (C=O) groups is 4. The summed E-state index contributed by atoms with van der Waals surface area (Å²) in [5, 5.41) is 4.45. The van der Waals surface area contributed by atoms with Gasteiger partial charge in [0.05, 0.1) is 0 Å². The van der Waals surface area contributed by atoms with Crippen LogP contribution in [0.1, 0.15) is 52.9 Å². The summed E-state index contributed by atoms with van der Waals surface area (Å²) in [6.45, 7) is 8.12. The maximum Gasteiger partial charge on any atom is 0.355 e. The van der Waals surface area contributed by atoms with E-state index in [4.69, 9.17) is 4.74 Å². The molecule has 23 heavy (non-hydrogen) atoms. The van der Waals surface area contributed by atoms with Crippen molar-refractivity contribution < 1.29 is 23.9 Å². The summed E-state index contributed by atoms with van der Waals surface area (Å²) in [4.78, 5) is 49.5. The number of imide groups is 1. The van der Waals surface area contributed by atoms with Crippen molar-refractivity contribution >= 4 is 23.7 Å². The van der Waals surface area contributed by atoms with Crippen molar-refractivity contribution in [3.8, 4) is 0 Å². The molecule has 1 rings (SSSR count). The molecule has 0 aliphatic carbocycles. The number of Topliss-reactive ketones (excluding diaryl/α,β-unsaturated/α-hetero) is 1. The lowest BCUT2D eigenvalue weighted by Crippen LogP contribution is -2.44. The van der Waals surface area contributed by atoms with Gasteiger partial charge in [-0.2, -0.15) is 0 Å². The molecule has 8 nitrogen and oxygen atoms in total. The maximum absolute atomic E-state index is 12.1. The van der Waals surface area contributed by atoms with Crippen LogP contribution in [0.3, 0.4) is 0 Å². The second kappa shape index (κ2) is 7.57. The summed E-state index contributed by atoms with van der Waals surface area (Å²) < 4.78 is 5.03. The molecule has 1 heterocycles. The first-order chi connectivity index (χ1) is 10.7. The Balaban J connectivity index is 2.80. The van der Waals surface area contributed by atoms with E-state index in [1.54, 1.807) is 20.8 Å². The number of hydrogen-bond donors (Lipinski definition) is 3. The molecule has 1 atom stereocenters. The highest BCUT2D eigenvalue weighted by molar-refractivity contribution is 6.02. The maximum atomic E-state index is 12.1. The molecule has 0 radical (unpaired) electrons. The van der Waals surface area contributed by atoms with Gasteiger partial charge in [0.1, 0.15) is 5.69 Å². The van der Waals surface area contributed by atoms with Crippen molar-refractivity contribution in [1.29, 1.82) is 0 Å². The first kappa shape index (κ1) is 18.4. The molecule has 3 N–H and O–H groups in total. The zero-order valence-corrected chi connectivity index (χ0v) is 13.8. The SMILES string of the molecule is CCNC(=O)NC(=O)[C@@H](C)OC(=O)c1[nH]c(C)c(C(C)=O)c1C. The fourth-order valence-electron chi connectivity index (χ4n) is 2.17. The molecule has 0 aliphatic heterocycles. The molecular weight excluding hydrogens is 302 g/mol. The fourth-order valence-corrected chi connectivity index (χ4v) is 2.17. The number of hydrogen-bond acceptors (Lipinski definition) is 5. The number of rotatable bonds is 5. The topological polar surface area (TPSA) is 117 Å². The lowest BCUT2D eigenvalue weighted by Gasteiger charge is -2.12. The van der Waals surface area contributed by atoms with Gasteiger partial charge in [-0.05, 0) is 40.2 Å². The van der Waals surface area contributed by atoms with Gasteiger partial charge >= 0.3 is 12.0 Å². The first-order valence-electron chi connectivity index (χ1n) is 7.18. The van der Waals surface area contributed by atoms with Crippen LogP contribution in [0.2, 0.25) is 0 Å². The monoisotopic (exact) mass is 323 g/mol. The number of aryl methyl sites for hydroxylation is 1. The molecule has 0 saturated carbocycles. The number of aromatic amines is 1. The summed E-state index contributed by atoms with van der Waals surface area (Å²) in [7, 11) is 0. The van der Waals surface area contributed by atoms with Gasteiger partial charge in [-0.3, -0.25) is 14.9 Å². The average molecular weight is 323 g/mol. The van der Waals surface area contributed by atoms with Crippen molar-refractivity contribution in [2.75, 3.05) is 6.54 Å². The van der Waals surface area contributed by atoms with Gasteiger partial charge in [-0.25, -0.2) is 9.59 Å². The Bertz CT molecular complexity index is 648. The predicted octanol–water partition coefficient (Wildman–Crippen LogP) is 1.23. The number of ketones is 1. The standard InChI is InChI=1S/C15H21N3O5/c1-6-16-15(22)18-13(20)10(5)23-14(21)12-7(2)11(9(4)19)8(3)17-12/h10,17H,6H2,1-5H3,(H2,16,18,20,22)/t10-/m1/s1. The molecule has 1 aromatic heterocycles. The van der Waals surface area contributed by atoms with Crippen LogP contribution in [-0.4, -0.2) is 41.3 Å². The third kappa shape index (κ3) is 4.41. The van der Waals surface area contributed by atoms with Gasteiger partial charge in [-0.1, -0.05) is 0 Å². The lowest BCUT2D eigenvalue weighted by atomic mass is 10.1. The normalized spacial score (nSPS) is 11.5. The second-order valence-electron chi connectivity index (χ2n) is 5.08. The molecule has 0 fully saturated rings. The van der Waals surface area contributed by atoms with Crippen LogP contribution in [0, 0.1) is 13.8 Å². The molecule has 0 saturated heterocycles. The molecule has 126 valence electrons. The highest BCUT2D eigenvalue weighted by Gasteiger charge is 2.25. The van der Waals surface area contributed by atoms with Gasteiger partial charge in [0.15, 0.2) is 11.9 Å². The van der Waals surface area contributed by atoms with Crippen LogP contribution >= 0.6 is 0 Å². The Labute approximate surface area is 134 Å². The number of nitrogens with one attached hydrogen (secondary N) is 3. The average Bonchev–Trinajstić information content (AvgIpc) is 2.73. The number of H-pyrrole nitrogens is 1. The van der Waals surface area contributed by atoms with Crippen molar-refractivity contribution in [3.63, 3.8) is 0 Å². The van der Waals surface area contributed by atoms with E-state index in [-0.39, 0.29) is 11.5 Å². The molecule has 0 aromatic carbocycles. The van der Waals surface area contributed by atoms with Crippen molar-refractivity contribution in [3.05, 3.63) is 22.5 Å². The third-order valence-electron chi connectivity index (χ3n) is 3.22. The molecule has 0 spiro atoms. The number of esters is 1. The number of ether oxygens (including phenoxy) is 1. The van der Waals surface area contributed by atoms with Crippen LogP contribution in [0.4, 0.5) is 4.79 Å². The molecular formula is C15H21N3O5. The van der Waals surface area contributed by atoms with E-state index in [2.05, 4.69) is 15.6 Å². The largest absolute Gasteiger partial charge is 0.448 e. The molecule has 1 aromatic rings. The molecule has 8 heteroatoms. The highest BCUT2D eigenvalue weighted by Crippen LogP contribution is 2.19.